The molecule has 0 aliphatic heterocycles. The Kier molecular flexibility index (Phi) is 5.66. The van der Waals surface area contributed by atoms with Gasteiger partial charge in [-0.05, 0) is 18.6 Å². The van der Waals surface area contributed by atoms with Crippen LogP contribution in [0.25, 0.3) is 6.08 Å². The van der Waals surface area contributed by atoms with Gasteiger partial charge in [-0.25, -0.2) is 4.79 Å². The van der Waals surface area contributed by atoms with Crippen LogP contribution in [0.5, 0.6) is 0 Å². The second-order valence-corrected chi connectivity index (χ2v) is 4.49. The van der Waals surface area contributed by atoms with Crippen molar-refractivity contribution in [1.29, 1.82) is 0 Å². The lowest BCUT2D eigenvalue weighted by molar-refractivity contribution is -0.150. The van der Waals surface area contributed by atoms with Crippen LogP contribution in [-0.4, -0.2) is 35.2 Å². The van der Waals surface area contributed by atoms with Crippen molar-refractivity contribution in [3.63, 3.8) is 0 Å². The summed E-state index contributed by atoms with van der Waals surface area (Å²) in [5, 5.41) is 18.4. The highest BCUT2D eigenvalue weighted by atomic mass is 16.5. The molecule has 0 amide bonds. The molecule has 0 fully saturated rings. The number of hydrogen-bond donors (Lipinski definition) is 2. The molecule has 0 saturated carbocycles. The second kappa shape index (κ2) is 7.23. The summed E-state index contributed by atoms with van der Waals surface area (Å²) in [6.07, 6.45) is 0.722. The van der Waals surface area contributed by atoms with Crippen LogP contribution < -0.4 is 0 Å². The number of methoxy groups -OCH3 is 1. The van der Waals surface area contributed by atoms with Crippen LogP contribution in [0.4, 0.5) is 0 Å². The average molecular weight is 292 g/mol. The molecule has 21 heavy (non-hydrogen) atoms. The van der Waals surface area contributed by atoms with E-state index in [0.717, 1.165) is 12.7 Å². The average Bonchev–Trinajstić information content (AvgIpc) is 2.43. The molecule has 0 saturated heterocycles. The Morgan fingerprint density at radius 2 is 1.76 bits per heavy atom. The van der Waals surface area contributed by atoms with Crippen LogP contribution in [0.2, 0.25) is 0 Å². The van der Waals surface area contributed by atoms with E-state index in [1.54, 1.807) is 24.3 Å². The van der Waals surface area contributed by atoms with Gasteiger partial charge in [0.2, 0.25) is 0 Å². The first kappa shape index (κ1) is 16.4. The third kappa shape index (κ3) is 4.76. The van der Waals surface area contributed by atoms with Crippen LogP contribution in [0.15, 0.2) is 29.8 Å². The van der Waals surface area contributed by atoms with Crippen LogP contribution in [-0.2, 0) is 19.1 Å². The van der Waals surface area contributed by atoms with E-state index in [1.807, 2.05) is 6.92 Å². The Bertz CT molecular complexity index is 570. The van der Waals surface area contributed by atoms with E-state index in [-0.39, 0.29) is 5.57 Å². The molecule has 112 valence electrons. The zero-order chi connectivity index (χ0) is 16.0. The quantitative estimate of drug-likeness (QED) is 0.611. The third-order valence-corrected chi connectivity index (χ3v) is 2.92. The van der Waals surface area contributed by atoms with Gasteiger partial charge in [0.15, 0.2) is 0 Å². The number of rotatable bonds is 6. The summed E-state index contributed by atoms with van der Waals surface area (Å²) in [7, 11) is 1.12. The number of aliphatic carboxylic acids is 2. The number of carbonyl (C=O) groups excluding carboxylic acids is 1. The minimum Gasteiger partial charge on any atom is -0.481 e. The predicted octanol–water partition coefficient (Wildman–Crippen LogP) is 1.73. The standard InChI is InChI=1S/C15H16O6/c1-9-3-5-10(6-4-9)7-11(14(17)18)12(15(19)20)8-13(16)21-2/h3-7,12H,8H2,1-2H3,(H,17,18)(H,19,20). The fourth-order valence-electron chi connectivity index (χ4n) is 1.73. The van der Waals surface area contributed by atoms with E-state index in [9.17, 15) is 19.5 Å². The zero-order valence-electron chi connectivity index (χ0n) is 11.7. The maximum atomic E-state index is 11.3. The first-order valence-electron chi connectivity index (χ1n) is 6.16. The van der Waals surface area contributed by atoms with Crippen LogP contribution in [0.1, 0.15) is 17.5 Å². The fourth-order valence-corrected chi connectivity index (χ4v) is 1.73. The third-order valence-electron chi connectivity index (χ3n) is 2.92. The smallest absolute Gasteiger partial charge is 0.332 e. The second-order valence-electron chi connectivity index (χ2n) is 4.49. The van der Waals surface area contributed by atoms with Crippen molar-refractivity contribution in [1.82, 2.24) is 0 Å². The lowest BCUT2D eigenvalue weighted by Crippen LogP contribution is -2.24. The summed E-state index contributed by atoms with van der Waals surface area (Å²) in [6, 6.07) is 6.91. The van der Waals surface area contributed by atoms with Gasteiger partial charge in [-0.1, -0.05) is 29.8 Å². The normalized spacial score (nSPS) is 12.6. The lowest BCUT2D eigenvalue weighted by Gasteiger charge is -2.12. The summed E-state index contributed by atoms with van der Waals surface area (Å²) in [5.74, 6) is -5.01. The van der Waals surface area contributed by atoms with E-state index in [0.29, 0.717) is 5.56 Å². The van der Waals surface area contributed by atoms with Crippen molar-refractivity contribution in [2.24, 2.45) is 5.92 Å². The fraction of sp³-hybridized carbons (Fsp3) is 0.267. The highest BCUT2D eigenvalue weighted by Gasteiger charge is 2.30. The summed E-state index contributed by atoms with van der Waals surface area (Å²) < 4.78 is 4.40. The molecule has 0 bridgehead atoms. The molecule has 1 unspecified atom stereocenters. The van der Waals surface area contributed by atoms with E-state index < -0.39 is 30.2 Å². The molecule has 6 heteroatoms. The summed E-state index contributed by atoms with van der Waals surface area (Å²) in [5.41, 5.74) is 1.18. The molecule has 0 aromatic heterocycles. The van der Waals surface area contributed by atoms with Crippen molar-refractivity contribution in [3.05, 3.63) is 41.0 Å². The van der Waals surface area contributed by atoms with E-state index in [1.165, 1.54) is 6.08 Å². The zero-order valence-corrected chi connectivity index (χ0v) is 11.7. The molecule has 0 radical (unpaired) electrons. The molecule has 1 rings (SSSR count). The number of esters is 1. The van der Waals surface area contributed by atoms with Crippen molar-refractivity contribution >= 4 is 24.0 Å². The Morgan fingerprint density at radius 1 is 1.19 bits per heavy atom. The molecule has 1 aromatic carbocycles. The molecule has 0 aliphatic rings. The van der Waals surface area contributed by atoms with Crippen molar-refractivity contribution in [2.45, 2.75) is 13.3 Å². The van der Waals surface area contributed by atoms with Gasteiger partial charge >= 0.3 is 17.9 Å². The number of aryl methyl sites for hydroxylation is 1. The van der Waals surface area contributed by atoms with Crippen molar-refractivity contribution in [3.8, 4) is 0 Å². The topological polar surface area (TPSA) is 101 Å². The minimum absolute atomic E-state index is 0.364. The Balaban J connectivity index is 3.18. The van der Waals surface area contributed by atoms with Gasteiger partial charge in [0, 0.05) is 0 Å². The molecular weight excluding hydrogens is 276 g/mol. The predicted molar refractivity (Wildman–Crippen MR) is 74.6 cm³/mol. The number of carboxylic acids is 2. The maximum absolute atomic E-state index is 11.3. The van der Waals surface area contributed by atoms with Crippen molar-refractivity contribution < 1.29 is 29.3 Å². The van der Waals surface area contributed by atoms with Crippen molar-refractivity contribution in [2.75, 3.05) is 7.11 Å². The van der Waals surface area contributed by atoms with Gasteiger partial charge in [0.25, 0.3) is 0 Å². The van der Waals surface area contributed by atoms with Gasteiger partial charge in [-0.3, -0.25) is 9.59 Å². The molecular formula is C15H16O6. The largest absolute Gasteiger partial charge is 0.481 e. The Morgan fingerprint density at radius 3 is 2.19 bits per heavy atom. The van der Waals surface area contributed by atoms with Crippen LogP contribution in [0.3, 0.4) is 0 Å². The first-order chi connectivity index (χ1) is 9.85. The molecule has 0 heterocycles. The minimum atomic E-state index is -1.46. The summed E-state index contributed by atoms with van der Waals surface area (Å²) >= 11 is 0. The number of hydrogen-bond acceptors (Lipinski definition) is 4. The van der Waals surface area contributed by atoms with Gasteiger partial charge < -0.3 is 14.9 Å². The highest BCUT2D eigenvalue weighted by Crippen LogP contribution is 2.20. The molecule has 0 aliphatic carbocycles. The highest BCUT2D eigenvalue weighted by molar-refractivity contribution is 5.99. The summed E-state index contributed by atoms with van der Waals surface area (Å²) in [6.45, 7) is 1.88. The molecule has 6 nitrogen and oxygen atoms in total. The van der Waals surface area contributed by atoms with E-state index >= 15 is 0 Å². The lowest BCUT2D eigenvalue weighted by atomic mass is 9.93. The van der Waals surface area contributed by atoms with Gasteiger partial charge in [-0.2, -0.15) is 0 Å². The van der Waals surface area contributed by atoms with E-state index in [2.05, 4.69) is 4.74 Å². The molecule has 1 atom stereocenters. The number of carboxylic acid groups (broad SMARTS) is 2. The maximum Gasteiger partial charge on any atom is 0.332 e. The SMILES string of the molecule is COC(=O)CC(C(=O)O)C(=Cc1ccc(C)cc1)C(=O)O. The number of benzene rings is 1. The van der Waals surface area contributed by atoms with Crippen LogP contribution in [0, 0.1) is 12.8 Å². The van der Waals surface area contributed by atoms with E-state index in [4.69, 9.17) is 5.11 Å². The number of carbonyl (C=O) groups is 3. The van der Waals surface area contributed by atoms with Gasteiger partial charge in [-0.15, -0.1) is 0 Å². The van der Waals surface area contributed by atoms with Gasteiger partial charge in [0.1, 0.15) is 0 Å². The first-order valence-corrected chi connectivity index (χ1v) is 6.16. The molecule has 0 spiro atoms. The summed E-state index contributed by atoms with van der Waals surface area (Å²) in [4.78, 5) is 33.8. The Hall–Kier alpha value is -2.63. The molecule has 1 aromatic rings. The Labute approximate surface area is 121 Å². The van der Waals surface area contributed by atoms with Crippen LogP contribution >= 0.6 is 0 Å². The molecule has 2 N–H and O–H groups in total. The van der Waals surface area contributed by atoms with Gasteiger partial charge in [0.05, 0.1) is 25.0 Å². The monoisotopic (exact) mass is 292 g/mol. The number of ether oxygens (including phenoxy) is 1.